The number of aromatic hydroxyl groups is 1. The van der Waals surface area contributed by atoms with Crippen LogP contribution in [0.5, 0.6) is 5.75 Å². The number of amides is 2. The first-order valence-corrected chi connectivity index (χ1v) is 6.11. The molecule has 0 aliphatic carbocycles. The Labute approximate surface area is 117 Å². The topological polar surface area (TPSA) is 89.9 Å². The van der Waals surface area contributed by atoms with Crippen LogP contribution in [0.4, 0.5) is 10.5 Å². The van der Waals surface area contributed by atoms with Gasteiger partial charge in [0.15, 0.2) is 0 Å². The van der Waals surface area contributed by atoms with E-state index in [0.29, 0.717) is 13.1 Å². The molecule has 0 fully saturated rings. The fraction of sp³-hybridized carbons (Fsp3) is 0.286. The number of carboxylic acids is 1. The highest BCUT2D eigenvalue weighted by Gasteiger charge is 2.16. The molecule has 0 aromatic heterocycles. The largest absolute Gasteiger partial charge is 0.508 e. The van der Waals surface area contributed by atoms with Crippen molar-refractivity contribution in [3.8, 4) is 5.75 Å². The number of urea groups is 1. The van der Waals surface area contributed by atoms with Gasteiger partial charge in [-0.3, -0.25) is 0 Å². The van der Waals surface area contributed by atoms with E-state index in [4.69, 9.17) is 5.11 Å². The number of carbonyl (C=O) groups is 2. The van der Waals surface area contributed by atoms with E-state index in [1.54, 1.807) is 6.92 Å². The number of rotatable bonds is 5. The minimum Gasteiger partial charge on any atom is -0.508 e. The second kappa shape index (κ2) is 6.60. The molecule has 0 saturated carbocycles. The van der Waals surface area contributed by atoms with Gasteiger partial charge >= 0.3 is 12.0 Å². The van der Waals surface area contributed by atoms with Gasteiger partial charge in [-0.15, -0.1) is 0 Å². The summed E-state index contributed by atoms with van der Waals surface area (Å²) in [6.45, 7) is 8.23. The molecule has 0 atom stereocenters. The fourth-order valence-electron chi connectivity index (χ4n) is 1.67. The van der Waals surface area contributed by atoms with Gasteiger partial charge in [-0.25, -0.2) is 9.59 Å². The van der Waals surface area contributed by atoms with Crippen molar-refractivity contribution in [1.29, 1.82) is 0 Å². The van der Waals surface area contributed by atoms with Crippen LogP contribution in [0.25, 0.3) is 0 Å². The van der Waals surface area contributed by atoms with E-state index in [-0.39, 0.29) is 17.0 Å². The molecule has 0 spiro atoms. The van der Waals surface area contributed by atoms with Gasteiger partial charge < -0.3 is 20.4 Å². The maximum atomic E-state index is 12.1. The van der Waals surface area contributed by atoms with Crippen LogP contribution in [0.15, 0.2) is 30.4 Å². The van der Waals surface area contributed by atoms with Gasteiger partial charge in [0.1, 0.15) is 5.75 Å². The van der Waals surface area contributed by atoms with Gasteiger partial charge in [0, 0.05) is 13.1 Å². The monoisotopic (exact) mass is 278 g/mol. The molecule has 1 aromatic carbocycles. The summed E-state index contributed by atoms with van der Waals surface area (Å²) < 4.78 is 0. The molecular weight excluding hydrogens is 260 g/mol. The second-order valence-corrected chi connectivity index (χ2v) is 4.44. The highest BCUT2D eigenvalue weighted by molar-refractivity contribution is 6.00. The van der Waals surface area contributed by atoms with Crippen molar-refractivity contribution in [1.82, 2.24) is 4.90 Å². The summed E-state index contributed by atoms with van der Waals surface area (Å²) in [6.07, 6.45) is 0. The van der Waals surface area contributed by atoms with E-state index in [2.05, 4.69) is 11.9 Å². The van der Waals surface area contributed by atoms with Crippen LogP contribution < -0.4 is 5.32 Å². The second-order valence-electron chi connectivity index (χ2n) is 4.44. The first-order chi connectivity index (χ1) is 9.35. The van der Waals surface area contributed by atoms with Crippen LogP contribution in [0, 0.1) is 0 Å². The van der Waals surface area contributed by atoms with E-state index >= 15 is 0 Å². The van der Waals surface area contributed by atoms with Gasteiger partial charge in [-0.1, -0.05) is 12.2 Å². The molecule has 6 nitrogen and oxygen atoms in total. The molecule has 3 N–H and O–H groups in total. The van der Waals surface area contributed by atoms with E-state index < -0.39 is 12.0 Å². The van der Waals surface area contributed by atoms with Gasteiger partial charge in [-0.05, 0) is 32.0 Å². The lowest BCUT2D eigenvalue weighted by Crippen LogP contribution is -2.36. The third-order valence-corrected chi connectivity index (χ3v) is 2.60. The van der Waals surface area contributed by atoms with Gasteiger partial charge in [0.05, 0.1) is 11.3 Å². The summed E-state index contributed by atoms with van der Waals surface area (Å²) in [5.41, 5.74) is 0.802. The number of nitrogens with one attached hydrogen (secondary N) is 1. The average Bonchev–Trinajstić information content (AvgIpc) is 2.37. The number of benzene rings is 1. The number of carbonyl (C=O) groups excluding carboxylic acids is 1. The zero-order valence-corrected chi connectivity index (χ0v) is 11.5. The highest BCUT2D eigenvalue weighted by atomic mass is 16.4. The number of hydrogen-bond donors (Lipinski definition) is 3. The summed E-state index contributed by atoms with van der Waals surface area (Å²) in [4.78, 5) is 24.6. The van der Waals surface area contributed by atoms with Gasteiger partial charge in [0.2, 0.25) is 0 Å². The summed E-state index contributed by atoms with van der Waals surface area (Å²) in [5.74, 6) is -1.39. The lowest BCUT2D eigenvalue weighted by Gasteiger charge is -2.22. The maximum absolute atomic E-state index is 12.1. The van der Waals surface area contributed by atoms with Crippen LogP contribution in [0.2, 0.25) is 0 Å². The molecule has 0 unspecified atom stereocenters. The number of anilines is 1. The lowest BCUT2D eigenvalue weighted by molar-refractivity contribution is 0.0697. The number of aromatic carboxylic acids is 1. The molecular formula is C14H18N2O4. The molecule has 2 amide bonds. The quantitative estimate of drug-likeness (QED) is 0.570. The van der Waals surface area contributed by atoms with Crippen molar-refractivity contribution in [2.45, 2.75) is 13.8 Å². The third kappa shape index (κ3) is 4.01. The van der Waals surface area contributed by atoms with E-state index in [1.807, 2.05) is 6.92 Å². The molecule has 0 bridgehead atoms. The molecule has 108 valence electrons. The number of nitrogens with zero attached hydrogens (tertiary/aromatic N) is 1. The van der Waals surface area contributed by atoms with Crippen LogP contribution >= 0.6 is 0 Å². The predicted molar refractivity (Wildman–Crippen MR) is 76.1 cm³/mol. The average molecular weight is 278 g/mol. The molecule has 20 heavy (non-hydrogen) atoms. The highest BCUT2D eigenvalue weighted by Crippen LogP contribution is 2.21. The Morgan fingerprint density at radius 1 is 1.40 bits per heavy atom. The maximum Gasteiger partial charge on any atom is 0.337 e. The van der Waals surface area contributed by atoms with Crippen LogP contribution in [0.3, 0.4) is 0 Å². The third-order valence-electron chi connectivity index (χ3n) is 2.60. The van der Waals surface area contributed by atoms with Crippen molar-refractivity contribution < 1.29 is 19.8 Å². The van der Waals surface area contributed by atoms with Crippen LogP contribution in [-0.2, 0) is 0 Å². The van der Waals surface area contributed by atoms with Crippen molar-refractivity contribution >= 4 is 17.7 Å². The Morgan fingerprint density at radius 2 is 2.05 bits per heavy atom. The summed E-state index contributed by atoms with van der Waals surface area (Å²) in [7, 11) is 0. The zero-order valence-electron chi connectivity index (χ0n) is 11.5. The smallest absolute Gasteiger partial charge is 0.337 e. The molecule has 0 heterocycles. The van der Waals surface area contributed by atoms with Crippen LogP contribution in [-0.4, -0.2) is 40.2 Å². The summed E-state index contributed by atoms with van der Waals surface area (Å²) in [6, 6.07) is 3.35. The van der Waals surface area contributed by atoms with Crippen LogP contribution in [0.1, 0.15) is 24.2 Å². The number of likely N-dealkylation sites (N-methyl/N-ethyl adjacent to an activating group) is 1. The van der Waals surface area contributed by atoms with E-state index in [1.165, 1.54) is 17.0 Å². The Morgan fingerprint density at radius 3 is 2.55 bits per heavy atom. The van der Waals surface area contributed by atoms with Crippen molar-refractivity contribution in [2.75, 3.05) is 18.4 Å². The van der Waals surface area contributed by atoms with Gasteiger partial charge in [-0.2, -0.15) is 0 Å². The number of hydrogen-bond acceptors (Lipinski definition) is 3. The predicted octanol–water partition coefficient (Wildman–Crippen LogP) is 2.52. The standard InChI is InChI=1S/C14H18N2O4/c1-4-16(8-9(2)3)14(20)15-12-6-5-10(17)7-11(12)13(18)19/h5-7,17H,2,4,8H2,1,3H3,(H,15,20)(H,18,19). The van der Waals surface area contributed by atoms with Gasteiger partial charge in [0.25, 0.3) is 0 Å². The Balaban J connectivity index is 2.95. The molecule has 0 radical (unpaired) electrons. The normalized spacial score (nSPS) is 9.90. The summed E-state index contributed by atoms with van der Waals surface area (Å²) >= 11 is 0. The zero-order chi connectivity index (χ0) is 15.3. The SMILES string of the molecule is C=C(C)CN(CC)C(=O)Nc1ccc(O)cc1C(=O)O. The van der Waals surface area contributed by atoms with Crippen molar-refractivity contribution in [3.05, 3.63) is 35.9 Å². The molecule has 0 aliphatic rings. The van der Waals surface area contributed by atoms with E-state index in [9.17, 15) is 14.7 Å². The first kappa shape index (κ1) is 15.6. The molecule has 0 aliphatic heterocycles. The molecule has 1 aromatic rings. The molecule has 0 saturated heterocycles. The Kier molecular flexibility index (Phi) is 5.14. The lowest BCUT2D eigenvalue weighted by atomic mass is 10.1. The molecule has 6 heteroatoms. The molecule has 1 rings (SSSR count). The first-order valence-electron chi connectivity index (χ1n) is 6.11. The number of carboxylic acid groups (broad SMARTS) is 1. The Hall–Kier alpha value is -2.50. The minimum absolute atomic E-state index is 0.139. The number of phenolic OH excluding ortho intramolecular Hbond substituents is 1. The van der Waals surface area contributed by atoms with Crippen molar-refractivity contribution in [2.24, 2.45) is 0 Å². The van der Waals surface area contributed by atoms with E-state index in [0.717, 1.165) is 11.6 Å². The van der Waals surface area contributed by atoms with Crippen molar-refractivity contribution in [3.63, 3.8) is 0 Å². The summed E-state index contributed by atoms with van der Waals surface area (Å²) in [5, 5.41) is 20.9. The number of phenols is 1. The Bertz CT molecular complexity index is 540. The minimum atomic E-state index is -1.22. The fourth-order valence-corrected chi connectivity index (χ4v) is 1.67.